The van der Waals surface area contributed by atoms with Crippen molar-refractivity contribution in [1.29, 1.82) is 0 Å². The molecule has 0 aromatic heterocycles. The van der Waals surface area contributed by atoms with Crippen molar-refractivity contribution in [2.45, 2.75) is 13.0 Å². The van der Waals surface area contributed by atoms with Gasteiger partial charge < -0.3 is 20.2 Å². The highest BCUT2D eigenvalue weighted by Crippen LogP contribution is 2.18. The van der Waals surface area contributed by atoms with E-state index in [4.69, 9.17) is 11.6 Å². The van der Waals surface area contributed by atoms with E-state index in [1.54, 1.807) is 24.3 Å². The third-order valence-electron chi connectivity index (χ3n) is 4.72. The summed E-state index contributed by atoms with van der Waals surface area (Å²) in [6, 6.07) is 14.3. The van der Waals surface area contributed by atoms with E-state index in [1.165, 1.54) is 4.90 Å². The molecule has 1 saturated heterocycles. The third-order valence-corrected chi connectivity index (χ3v) is 4.95. The summed E-state index contributed by atoms with van der Waals surface area (Å²) in [6.45, 7) is 5.52. The molecule has 6 heteroatoms. The highest BCUT2D eigenvalue weighted by molar-refractivity contribution is 6.30. The largest absolute Gasteiger partial charge is 0.508 e. The molecule has 2 aromatic carbocycles. The maximum Gasteiger partial charge on any atom is 0.282 e. The second-order valence-corrected chi connectivity index (χ2v) is 6.82. The van der Waals surface area contributed by atoms with Crippen molar-refractivity contribution in [1.82, 2.24) is 0 Å². The van der Waals surface area contributed by atoms with E-state index in [0.29, 0.717) is 5.02 Å². The van der Waals surface area contributed by atoms with Crippen molar-refractivity contribution in [2.75, 3.05) is 36.4 Å². The molecule has 0 aliphatic carbocycles. The van der Waals surface area contributed by atoms with Crippen LogP contribution in [-0.2, 0) is 4.79 Å². The summed E-state index contributed by atoms with van der Waals surface area (Å²) in [5.74, 6) is 0.287. The summed E-state index contributed by atoms with van der Waals surface area (Å²) in [5, 5.41) is 12.9. The van der Waals surface area contributed by atoms with Gasteiger partial charge in [0, 0.05) is 16.4 Å². The van der Waals surface area contributed by atoms with Gasteiger partial charge in [0.05, 0.1) is 26.2 Å². The van der Waals surface area contributed by atoms with Crippen LogP contribution in [0.2, 0.25) is 5.02 Å². The number of hydrogen-bond acceptors (Lipinski definition) is 3. The number of rotatable bonds is 4. The molecule has 1 heterocycles. The molecule has 1 aliphatic rings. The maximum absolute atomic E-state index is 12.5. The van der Waals surface area contributed by atoms with Gasteiger partial charge in [0.2, 0.25) is 0 Å². The minimum atomic E-state index is -0.124. The monoisotopic (exact) mass is 360 g/mol. The molecule has 132 valence electrons. The van der Waals surface area contributed by atoms with Gasteiger partial charge in [-0.3, -0.25) is 4.79 Å². The van der Waals surface area contributed by atoms with Gasteiger partial charge in [-0.15, -0.1) is 0 Å². The van der Waals surface area contributed by atoms with Crippen LogP contribution < -0.4 is 15.1 Å². The molecule has 3 N–H and O–H groups in total. The Balaban J connectivity index is 1.54. The lowest BCUT2D eigenvalue weighted by Crippen LogP contribution is -3.19. The number of phenolic OH excluding ortho intramolecular Hbond substituents is 1. The van der Waals surface area contributed by atoms with E-state index in [1.807, 2.05) is 31.2 Å². The van der Waals surface area contributed by atoms with Gasteiger partial charge in [-0.1, -0.05) is 17.7 Å². The predicted molar refractivity (Wildman–Crippen MR) is 101 cm³/mol. The second-order valence-electron chi connectivity index (χ2n) is 6.38. The van der Waals surface area contributed by atoms with E-state index in [-0.39, 0.29) is 17.7 Å². The Bertz CT molecular complexity index is 728. The average Bonchev–Trinajstić information content (AvgIpc) is 2.62. The molecule has 1 fully saturated rings. The molecule has 3 rings (SSSR count). The molecule has 2 aromatic rings. The van der Waals surface area contributed by atoms with E-state index in [9.17, 15) is 9.90 Å². The summed E-state index contributed by atoms with van der Waals surface area (Å²) < 4.78 is 0. The van der Waals surface area contributed by atoms with Gasteiger partial charge >= 0.3 is 0 Å². The van der Waals surface area contributed by atoms with E-state index < -0.39 is 0 Å². The number of piperazine rings is 1. The summed E-state index contributed by atoms with van der Waals surface area (Å²) in [4.78, 5) is 16.1. The van der Waals surface area contributed by atoms with Crippen molar-refractivity contribution < 1.29 is 14.8 Å². The number of aromatic hydroxyl groups is 1. The van der Waals surface area contributed by atoms with E-state index >= 15 is 0 Å². The van der Waals surface area contributed by atoms with Crippen LogP contribution in [0.1, 0.15) is 6.92 Å². The highest BCUT2D eigenvalue weighted by Gasteiger charge is 2.29. The Morgan fingerprint density at radius 2 is 1.88 bits per heavy atom. The molecule has 0 spiro atoms. The summed E-state index contributed by atoms with van der Waals surface area (Å²) >= 11 is 5.96. The molecule has 0 unspecified atom stereocenters. The summed E-state index contributed by atoms with van der Waals surface area (Å²) in [7, 11) is 0. The maximum atomic E-state index is 12.5. The quantitative estimate of drug-likeness (QED) is 0.779. The fourth-order valence-electron chi connectivity index (χ4n) is 3.15. The van der Waals surface area contributed by atoms with Crippen LogP contribution in [0.25, 0.3) is 0 Å². The van der Waals surface area contributed by atoms with Gasteiger partial charge in [0.25, 0.3) is 5.91 Å². The Morgan fingerprint density at radius 3 is 2.52 bits per heavy atom. The summed E-state index contributed by atoms with van der Waals surface area (Å²) in [5.41, 5.74) is 1.83. The lowest BCUT2D eigenvalue weighted by atomic mass is 10.2. The topological polar surface area (TPSA) is 57.0 Å². The lowest BCUT2D eigenvalue weighted by molar-refractivity contribution is -0.914. The van der Waals surface area contributed by atoms with Crippen molar-refractivity contribution in [3.63, 3.8) is 0 Å². The first-order valence-electron chi connectivity index (χ1n) is 8.48. The lowest BCUT2D eigenvalue weighted by Gasteiger charge is -2.36. The Hall–Kier alpha value is -2.24. The SMILES string of the molecule is C[C@@H](C(=O)Nc1cccc(Cl)c1)[NH+]1CCN(c2ccc(O)cc2)CC1. The minimum Gasteiger partial charge on any atom is -0.508 e. The zero-order valence-corrected chi connectivity index (χ0v) is 15.0. The first kappa shape index (κ1) is 17.6. The first-order chi connectivity index (χ1) is 12.0. The van der Waals surface area contributed by atoms with Gasteiger partial charge in [-0.2, -0.15) is 0 Å². The van der Waals surface area contributed by atoms with Crippen LogP contribution in [0.5, 0.6) is 5.75 Å². The van der Waals surface area contributed by atoms with Crippen LogP contribution in [0, 0.1) is 0 Å². The number of amides is 1. The number of phenols is 1. The second kappa shape index (κ2) is 7.76. The van der Waals surface area contributed by atoms with Gasteiger partial charge in [-0.05, 0) is 49.4 Å². The Kier molecular flexibility index (Phi) is 5.46. The van der Waals surface area contributed by atoms with Crippen molar-refractivity contribution in [3.05, 3.63) is 53.6 Å². The van der Waals surface area contributed by atoms with Crippen LogP contribution >= 0.6 is 11.6 Å². The van der Waals surface area contributed by atoms with E-state index in [0.717, 1.165) is 37.6 Å². The molecule has 25 heavy (non-hydrogen) atoms. The molecule has 0 bridgehead atoms. The van der Waals surface area contributed by atoms with E-state index in [2.05, 4.69) is 10.2 Å². The number of anilines is 2. The number of quaternary nitrogens is 1. The molecular weight excluding hydrogens is 338 g/mol. The zero-order chi connectivity index (χ0) is 17.8. The number of carbonyl (C=O) groups is 1. The number of benzene rings is 2. The molecule has 5 nitrogen and oxygen atoms in total. The number of hydrogen-bond donors (Lipinski definition) is 3. The average molecular weight is 361 g/mol. The molecule has 0 saturated carbocycles. The normalized spacial score (nSPS) is 16.5. The Labute approximate surface area is 152 Å². The number of carbonyl (C=O) groups excluding carboxylic acids is 1. The van der Waals surface area contributed by atoms with Crippen molar-refractivity contribution in [3.8, 4) is 5.75 Å². The van der Waals surface area contributed by atoms with Gasteiger partial charge in [0.15, 0.2) is 6.04 Å². The number of halogens is 1. The van der Waals surface area contributed by atoms with Crippen molar-refractivity contribution >= 4 is 28.9 Å². The highest BCUT2D eigenvalue weighted by atomic mass is 35.5. The minimum absolute atomic E-state index is 0.00958. The van der Waals surface area contributed by atoms with Crippen LogP contribution in [0.15, 0.2) is 48.5 Å². The van der Waals surface area contributed by atoms with Gasteiger partial charge in [0.1, 0.15) is 5.75 Å². The third kappa shape index (κ3) is 4.44. The Morgan fingerprint density at radius 1 is 1.20 bits per heavy atom. The summed E-state index contributed by atoms with van der Waals surface area (Å²) in [6.07, 6.45) is 0. The van der Waals surface area contributed by atoms with Crippen LogP contribution in [0.3, 0.4) is 0 Å². The number of nitrogens with zero attached hydrogens (tertiary/aromatic N) is 1. The van der Waals surface area contributed by atoms with Crippen LogP contribution in [0.4, 0.5) is 11.4 Å². The molecule has 0 radical (unpaired) electrons. The van der Waals surface area contributed by atoms with Crippen molar-refractivity contribution in [2.24, 2.45) is 0 Å². The fourth-order valence-corrected chi connectivity index (χ4v) is 3.34. The smallest absolute Gasteiger partial charge is 0.282 e. The molecule has 1 atom stereocenters. The van der Waals surface area contributed by atoms with Crippen LogP contribution in [-0.4, -0.2) is 43.2 Å². The predicted octanol–water partition coefficient (Wildman–Crippen LogP) is 1.78. The zero-order valence-electron chi connectivity index (χ0n) is 14.2. The number of nitrogens with one attached hydrogen (secondary N) is 2. The first-order valence-corrected chi connectivity index (χ1v) is 8.86. The molecule has 1 aliphatic heterocycles. The molecule has 1 amide bonds. The molecular formula is C19H23ClN3O2+. The fraction of sp³-hybridized carbons (Fsp3) is 0.316. The van der Waals surface area contributed by atoms with Gasteiger partial charge in [-0.25, -0.2) is 0 Å². The standard InChI is InChI=1S/C19H22ClN3O2/c1-14(19(25)21-16-4-2-3-15(20)13-16)22-9-11-23(12-10-22)17-5-7-18(24)8-6-17/h2-8,13-14,24H,9-12H2,1H3,(H,21,25)/p+1/t14-/m0/s1.